The Hall–Kier alpha value is -1.00. The van der Waals surface area contributed by atoms with E-state index in [1.807, 2.05) is 6.26 Å². The van der Waals surface area contributed by atoms with Crippen LogP contribution in [0.1, 0.15) is 12.0 Å². The molecule has 0 fully saturated rings. The molecule has 0 bridgehead atoms. The molecule has 0 aliphatic rings. The number of hydrogen-bond acceptors (Lipinski definition) is 3. The lowest BCUT2D eigenvalue weighted by molar-refractivity contribution is -0.121. The summed E-state index contributed by atoms with van der Waals surface area (Å²) in [5.41, 5.74) is 1.21. The molecule has 0 heterocycles. The number of amides is 1. The van der Waals surface area contributed by atoms with E-state index in [1.165, 1.54) is 10.5 Å². The number of carbonyl (C=O) groups excluding carboxylic acids is 1. The van der Waals surface area contributed by atoms with Gasteiger partial charge >= 0.3 is 0 Å². The van der Waals surface area contributed by atoms with Gasteiger partial charge in [0.1, 0.15) is 0 Å². The number of nitrogens with one attached hydrogen (secondary N) is 1. The van der Waals surface area contributed by atoms with Crippen LogP contribution in [0, 0.1) is 0 Å². The first kappa shape index (κ1) is 13.1. The molecule has 0 saturated heterocycles. The third kappa shape index (κ3) is 4.68. The lowest BCUT2D eigenvalue weighted by Gasteiger charge is -2.04. The molecule has 0 spiro atoms. The SMILES string of the molecule is CSc1ccc(CCNC(=O)CCO)cc1. The summed E-state index contributed by atoms with van der Waals surface area (Å²) in [6.07, 6.45) is 3.06. The van der Waals surface area contributed by atoms with Crippen molar-refractivity contribution in [3.8, 4) is 0 Å². The highest BCUT2D eigenvalue weighted by molar-refractivity contribution is 7.98. The zero-order chi connectivity index (χ0) is 11.8. The van der Waals surface area contributed by atoms with Gasteiger partial charge in [-0.05, 0) is 30.4 Å². The van der Waals surface area contributed by atoms with Crippen LogP contribution >= 0.6 is 11.8 Å². The number of thioether (sulfide) groups is 1. The fourth-order valence-corrected chi connectivity index (χ4v) is 1.74. The molecular formula is C12H17NO2S. The first-order chi connectivity index (χ1) is 7.76. The third-order valence-corrected chi connectivity index (χ3v) is 2.98. The maximum Gasteiger partial charge on any atom is 0.222 e. The Morgan fingerprint density at radius 2 is 2.06 bits per heavy atom. The molecule has 0 aliphatic heterocycles. The van der Waals surface area contributed by atoms with Crippen molar-refractivity contribution in [1.29, 1.82) is 0 Å². The maximum atomic E-state index is 11.1. The molecule has 3 nitrogen and oxygen atoms in total. The van der Waals surface area contributed by atoms with Gasteiger partial charge in [0, 0.05) is 17.9 Å². The average molecular weight is 239 g/mol. The van der Waals surface area contributed by atoms with Crippen LogP contribution in [0.15, 0.2) is 29.2 Å². The van der Waals surface area contributed by atoms with Crippen LogP contribution in [-0.2, 0) is 11.2 Å². The summed E-state index contributed by atoms with van der Waals surface area (Å²) in [5.74, 6) is -0.0942. The van der Waals surface area contributed by atoms with Gasteiger partial charge in [0.05, 0.1) is 6.61 Å². The van der Waals surface area contributed by atoms with Crippen LogP contribution in [0.4, 0.5) is 0 Å². The summed E-state index contributed by atoms with van der Waals surface area (Å²) < 4.78 is 0. The number of benzene rings is 1. The fourth-order valence-electron chi connectivity index (χ4n) is 1.33. The van der Waals surface area contributed by atoms with E-state index in [9.17, 15) is 4.79 Å². The largest absolute Gasteiger partial charge is 0.396 e. The van der Waals surface area contributed by atoms with Gasteiger partial charge in [-0.15, -0.1) is 11.8 Å². The van der Waals surface area contributed by atoms with Gasteiger partial charge in [-0.25, -0.2) is 0 Å². The zero-order valence-corrected chi connectivity index (χ0v) is 10.2. The van der Waals surface area contributed by atoms with E-state index < -0.39 is 0 Å². The quantitative estimate of drug-likeness (QED) is 0.739. The predicted octanol–water partition coefficient (Wildman–Crippen LogP) is 1.45. The topological polar surface area (TPSA) is 49.3 Å². The summed E-state index contributed by atoms with van der Waals surface area (Å²) in [5, 5.41) is 11.3. The summed E-state index contributed by atoms with van der Waals surface area (Å²) >= 11 is 1.72. The Balaban J connectivity index is 2.29. The van der Waals surface area contributed by atoms with Crippen molar-refractivity contribution in [3.05, 3.63) is 29.8 Å². The molecule has 0 radical (unpaired) electrons. The zero-order valence-electron chi connectivity index (χ0n) is 9.40. The van der Waals surface area contributed by atoms with Crippen LogP contribution in [0.2, 0.25) is 0 Å². The Kier molecular flexibility index (Phi) is 5.96. The van der Waals surface area contributed by atoms with Gasteiger partial charge in [-0.3, -0.25) is 4.79 Å². The number of hydrogen-bond donors (Lipinski definition) is 2. The molecule has 1 rings (SSSR count). The van der Waals surface area contributed by atoms with Crippen LogP contribution in [0.3, 0.4) is 0 Å². The number of carbonyl (C=O) groups is 1. The van der Waals surface area contributed by atoms with Crippen molar-refractivity contribution >= 4 is 17.7 Å². The summed E-state index contributed by atoms with van der Waals surface area (Å²) in [7, 11) is 0. The number of aliphatic hydroxyl groups is 1. The molecule has 1 amide bonds. The molecule has 88 valence electrons. The smallest absolute Gasteiger partial charge is 0.222 e. The molecule has 16 heavy (non-hydrogen) atoms. The summed E-state index contributed by atoms with van der Waals surface area (Å²) in [6.45, 7) is 0.533. The van der Waals surface area contributed by atoms with Gasteiger partial charge in [0.25, 0.3) is 0 Å². The molecule has 1 aromatic rings. The second kappa shape index (κ2) is 7.30. The Labute approximate surface area is 100 Å². The second-order valence-corrected chi connectivity index (χ2v) is 4.30. The lowest BCUT2D eigenvalue weighted by atomic mass is 10.1. The Morgan fingerprint density at radius 1 is 1.38 bits per heavy atom. The highest BCUT2D eigenvalue weighted by atomic mass is 32.2. The molecule has 0 aromatic heterocycles. The van der Waals surface area contributed by atoms with Crippen molar-refractivity contribution in [2.75, 3.05) is 19.4 Å². The van der Waals surface area contributed by atoms with Crippen molar-refractivity contribution < 1.29 is 9.90 Å². The van der Waals surface area contributed by atoms with E-state index in [2.05, 4.69) is 29.6 Å². The summed E-state index contributed by atoms with van der Waals surface area (Å²) in [4.78, 5) is 12.3. The number of rotatable bonds is 6. The van der Waals surface area contributed by atoms with E-state index in [0.29, 0.717) is 6.54 Å². The standard InChI is InChI=1S/C12H17NO2S/c1-16-11-4-2-10(3-5-11)6-8-13-12(15)7-9-14/h2-5,14H,6-9H2,1H3,(H,13,15). The van der Waals surface area contributed by atoms with Crippen LogP contribution < -0.4 is 5.32 Å². The molecule has 1 aromatic carbocycles. The van der Waals surface area contributed by atoms with E-state index in [0.717, 1.165) is 6.42 Å². The van der Waals surface area contributed by atoms with E-state index >= 15 is 0 Å². The van der Waals surface area contributed by atoms with Crippen molar-refractivity contribution in [2.45, 2.75) is 17.7 Å². The van der Waals surface area contributed by atoms with E-state index in [-0.39, 0.29) is 18.9 Å². The molecule has 0 unspecified atom stereocenters. The van der Waals surface area contributed by atoms with E-state index in [1.54, 1.807) is 11.8 Å². The first-order valence-corrected chi connectivity index (χ1v) is 6.49. The monoisotopic (exact) mass is 239 g/mol. The maximum absolute atomic E-state index is 11.1. The van der Waals surface area contributed by atoms with Crippen molar-refractivity contribution in [1.82, 2.24) is 5.32 Å². The number of aliphatic hydroxyl groups excluding tert-OH is 1. The van der Waals surface area contributed by atoms with Crippen LogP contribution in [0.5, 0.6) is 0 Å². The minimum Gasteiger partial charge on any atom is -0.396 e. The van der Waals surface area contributed by atoms with Gasteiger partial charge in [0.2, 0.25) is 5.91 Å². The summed E-state index contributed by atoms with van der Waals surface area (Å²) in [6, 6.07) is 8.30. The highest BCUT2D eigenvalue weighted by Gasteiger charge is 1.99. The fraction of sp³-hybridized carbons (Fsp3) is 0.417. The minimum atomic E-state index is -0.0942. The molecular weight excluding hydrogens is 222 g/mol. The van der Waals surface area contributed by atoms with Crippen molar-refractivity contribution in [2.24, 2.45) is 0 Å². The predicted molar refractivity (Wildman–Crippen MR) is 66.6 cm³/mol. The van der Waals surface area contributed by atoms with E-state index in [4.69, 9.17) is 5.11 Å². The Bertz CT molecular complexity index is 324. The van der Waals surface area contributed by atoms with Crippen LogP contribution in [0.25, 0.3) is 0 Å². The van der Waals surface area contributed by atoms with Gasteiger partial charge in [-0.1, -0.05) is 12.1 Å². The minimum absolute atomic E-state index is 0.0890. The molecule has 2 N–H and O–H groups in total. The Morgan fingerprint density at radius 3 is 2.62 bits per heavy atom. The molecule has 0 aliphatic carbocycles. The molecule has 0 atom stereocenters. The van der Waals surface area contributed by atoms with Gasteiger partial charge < -0.3 is 10.4 Å². The third-order valence-electron chi connectivity index (χ3n) is 2.23. The second-order valence-electron chi connectivity index (χ2n) is 3.42. The average Bonchev–Trinajstić information content (AvgIpc) is 2.30. The van der Waals surface area contributed by atoms with Gasteiger partial charge in [-0.2, -0.15) is 0 Å². The first-order valence-electron chi connectivity index (χ1n) is 5.26. The van der Waals surface area contributed by atoms with Crippen LogP contribution in [-0.4, -0.2) is 30.4 Å². The van der Waals surface area contributed by atoms with Crippen molar-refractivity contribution in [3.63, 3.8) is 0 Å². The highest BCUT2D eigenvalue weighted by Crippen LogP contribution is 2.14. The van der Waals surface area contributed by atoms with Gasteiger partial charge in [0.15, 0.2) is 0 Å². The molecule has 4 heteroatoms. The molecule has 0 saturated carbocycles. The normalized spacial score (nSPS) is 10.1. The lowest BCUT2D eigenvalue weighted by Crippen LogP contribution is -2.26.